The lowest BCUT2D eigenvalue weighted by Gasteiger charge is -2.23. The predicted octanol–water partition coefficient (Wildman–Crippen LogP) is 4.43. The third kappa shape index (κ3) is 3.95. The summed E-state index contributed by atoms with van der Waals surface area (Å²) in [4.78, 5) is 2.53. The second-order valence-corrected chi connectivity index (χ2v) is 8.21. The van der Waals surface area contributed by atoms with Gasteiger partial charge in [-0.1, -0.05) is 25.1 Å². The van der Waals surface area contributed by atoms with Crippen molar-refractivity contribution < 1.29 is 19.0 Å². The Morgan fingerprint density at radius 2 is 1.79 bits per heavy atom. The fourth-order valence-electron chi connectivity index (χ4n) is 4.81. The van der Waals surface area contributed by atoms with Crippen LogP contribution in [0.5, 0.6) is 17.2 Å². The van der Waals surface area contributed by atoms with Crippen molar-refractivity contribution in [2.45, 2.75) is 31.8 Å². The van der Waals surface area contributed by atoms with Crippen LogP contribution in [0.1, 0.15) is 31.2 Å². The van der Waals surface area contributed by atoms with E-state index in [9.17, 15) is 9.50 Å². The molecule has 2 fully saturated rings. The second-order valence-electron chi connectivity index (χ2n) is 8.21. The molecule has 1 heterocycles. The number of methoxy groups -OCH3 is 1. The molecule has 150 valence electrons. The minimum absolute atomic E-state index is 0.0532. The van der Waals surface area contributed by atoms with E-state index in [0.29, 0.717) is 29.3 Å². The van der Waals surface area contributed by atoms with Crippen molar-refractivity contribution in [1.29, 1.82) is 0 Å². The molecule has 1 unspecified atom stereocenters. The molecule has 4 atom stereocenters. The number of halogens is 1. The molecule has 0 aromatic heterocycles. The van der Waals surface area contributed by atoms with Gasteiger partial charge in [-0.25, -0.2) is 4.39 Å². The Balaban J connectivity index is 1.32. The first-order valence-electron chi connectivity index (χ1n) is 10.0. The van der Waals surface area contributed by atoms with E-state index in [0.717, 1.165) is 32.5 Å². The van der Waals surface area contributed by atoms with Crippen molar-refractivity contribution >= 4 is 0 Å². The van der Waals surface area contributed by atoms with E-state index in [1.54, 1.807) is 24.3 Å². The second kappa shape index (κ2) is 8.00. The van der Waals surface area contributed by atoms with Crippen LogP contribution in [0, 0.1) is 17.7 Å². The fourth-order valence-corrected chi connectivity index (χ4v) is 4.81. The maximum absolute atomic E-state index is 14.1. The SMILES string of the molecule is COc1cccc(F)c1O[C@H]1C[C@@H]2CN(CC(C)c3ccc(O)cc3)C[C@@H]2C1. The molecule has 1 aliphatic heterocycles. The number of rotatable bonds is 6. The number of ether oxygens (including phenoxy) is 2. The van der Waals surface area contributed by atoms with Crippen LogP contribution in [0.2, 0.25) is 0 Å². The number of para-hydroxylation sites is 1. The van der Waals surface area contributed by atoms with Gasteiger partial charge in [0.05, 0.1) is 13.2 Å². The van der Waals surface area contributed by atoms with Crippen LogP contribution in [0.3, 0.4) is 0 Å². The Labute approximate surface area is 165 Å². The van der Waals surface area contributed by atoms with E-state index >= 15 is 0 Å². The molecule has 1 N–H and O–H groups in total. The van der Waals surface area contributed by atoms with E-state index in [4.69, 9.17) is 9.47 Å². The van der Waals surface area contributed by atoms with E-state index in [2.05, 4.69) is 11.8 Å². The molecule has 0 radical (unpaired) electrons. The Bertz CT molecular complexity index is 796. The first-order valence-corrected chi connectivity index (χ1v) is 10.0. The largest absolute Gasteiger partial charge is 0.508 e. The molecular formula is C23H28FNO3. The Hall–Kier alpha value is -2.27. The summed E-state index contributed by atoms with van der Waals surface area (Å²) in [6.07, 6.45) is 1.98. The van der Waals surface area contributed by atoms with Crippen molar-refractivity contribution in [2.24, 2.45) is 11.8 Å². The number of nitrogens with zero attached hydrogens (tertiary/aromatic N) is 1. The van der Waals surface area contributed by atoms with Gasteiger partial charge < -0.3 is 19.5 Å². The fraction of sp³-hybridized carbons (Fsp3) is 0.478. The zero-order valence-corrected chi connectivity index (χ0v) is 16.5. The zero-order chi connectivity index (χ0) is 19.7. The monoisotopic (exact) mass is 385 g/mol. The third-order valence-electron chi connectivity index (χ3n) is 6.21. The number of aromatic hydroxyl groups is 1. The summed E-state index contributed by atoms with van der Waals surface area (Å²) in [5.74, 6) is 2.29. The summed E-state index contributed by atoms with van der Waals surface area (Å²) < 4.78 is 25.4. The highest BCUT2D eigenvalue weighted by atomic mass is 19.1. The highest BCUT2D eigenvalue weighted by Crippen LogP contribution is 2.42. The van der Waals surface area contributed by atoms with E-state index in [-0.39, 0.29) is 17.7 Å². The average Bonchev–Trinajstić information content (AvgIpc) is 3.21. The van der Waals surface area contributed by atoms with Gasteiger partial charge in [-0.3, -0.25) is 0 Å². The molecule has 2 aromatic carbocycles. The van der Waals surface area contributed by atoms with Gasteiger partial charge in [0.15, 0.2) is 17.3 Å². The van der Waals surface area contributed by atoms with Gasteiger partial charge in [-0.05, 0) is 60.4 Å². The highest BCUT2D eigenvalue weighted by Gasteiger charge is 2.42. The number of phenols is 1. The van der Waals surface area contributed by atoms with Crippen molar-refractivity contribution in [3.05, 3.63) is 53.8 Å². The van der Waals surface area contributed by atoms with Gasteiger partial charge in [0.2, 0.25) is 0 Å². The molecule has 0 amide bonds. The zero-order valence-electron chi connectivity index (χ0n) is 16.5. The summed E-state index contributed by atoms with van der Waals surface area (Å²) in [6.45, 7) is 5.39. The molecule has 0 bridgehead atoms. The smallest absolute Gasteiger partial charge is 0.197 e. The molecule has 1 aliphatic carbocycles. The van der Waals surface area contributed by atoms with Crippen LogP contribution < -0.4 is 9.47 Å². The standard InChI is InChI=1S/C23H28FNO3/c1-15(16-6-8-19(26)9-7-16)12-25-13-17-10-20(11-18(17)14-25)28-23-21(24)4-3-5-22(23)27-2/h3-9,15,17-18,20,26H,10-14H2,1-2H3/t15?,17-,18+,20+. The van der Waals surface area contributed by atoms with Crippen LogP contribution >= 0.6 is 0 Å². The number of likely N-dealkylation sites (tertiary alicyclic amines) is 1. The molecule has 1 saturated heterocycles. The number of hydrogen-bond acceptors (Lipinski definition) is 4. The Morgan fingerprint density at radius 1 is 1.11 bits per heavy atom. The van der Waals surface area contributed by atoms with Crippen molar-refractivity contribution in [3.8, 4) is 17.2 Å². The quantitative estimate of drug-likeness (QED) is 0.799. The average molecular weight is 385 g/mol. The number of phenolic OH excluding ortho intramolecular Hbond substituents is 1. The lowest BCUT2D eigenvalue weighted by atomic mass is 10.0. The van der Waals surface area contributed by atoms with Gasteiger partial charge in [0.1, 0.15) is 5.75 Å². The Kier molecular flexibility index (Phi) is 5.44. The van der Waals surface area contributed by atoms with Gasteiger partial charge in [0, 0.05) is 19.6 Å². The van der Waals surface area contributed by atoms with Gasteiger partial charge in [-0.2, -0.15) is 0 Å². The molecule has 1 saturated carbocycles. The maximum atomic E-state index is 14.1. The minimum atomic E-state index is -0.360. The molecule has 4 nitrogen and oxygen atoms in total. The minimum Gasteiger partial charge on any atom is -0.508 e. The summed E-state index contributed by atoms with van der Waals surface area (Å²) in [6, 6.07) is 12.3. The highest BCUT2D eigenvalue weighted by molar-refractivity contribution is 5.41. The van der Waals surface area contributed by atoms with Crippen LogP contribution in [-0.4, -0.2) is 42.9 Å². The predicted molar refractivity (Wildman–Crippen MR) is 107 cm³/mol. The molecule has 28 heavy (non-hydrogen) atoms. The number of fused-ring (bicyclic) bond motifs is 1. The van der Waals surface area contributed by atoms with Crippen LogP contribution in [0.4, 0.5) is 4.39 Å². The van der Waals surface area contributed by atoms with Gasteiger partial charge >= 0.3 is 0 Å². The summed E-state index contributed by atoms with van der Waals surface area (Å²) in [7, 11) is 1.54. The van der Waals surface area contributed by atoms with Crippen molar-refractivity contribution in [3.63, 3.8) is 0 Å². The van der Waals surface area contributed by atoms with Gasteiger partial charge in [-0.15, -0.1) is 0 Å². The lowest BCUT2D eigenvalue weighted by molar-refractivity contribution is 0.170. The molecule has 4 rings (SSSR count). The normalized spacial score (nSPS) is 25.5. The molecule has 2 aromatic rings. The van der Waals surface area contributed by atoms with E-state index < -0.39 is 0 Å². The first-order chi connectivity index (χ1) is 13.5. The number of hydrogen-bond donors (Lipinski definition) is 1. The van der Waals surface area contributed by atoms with Gasteiger partial charge in [0.25, 0.3) is 0 Å². The maximum Gasteiger partial charge on any atom is 0.197 e. The molecular weight excluding hydrogens is 357 g/mol. The lowest BCUT2D eigenvalue weighted by Crippen LogP contribution is -2.28. The van der Waals surface area contributed by atoms with E-state index in [1.807, 2.05) is 12.1 Å². The molecule has 5 heteroatoms. The Morgan fingerprint density at radius 3 is 2.43 bits per heavy atom. The van der Waals surface area contributed by atoms with Crippen LogP contribution in [-0.2, 0) is 0 Å². The molecule has 0 spiro atoms. The van der Waals surface area contributed by atoms with E-state index in [1.165, 1.54) is 18.7 Å². The topological polar surface area (TPSA) is 41.9 Å². The van der Waals surface area contributed by atoms with Crippen molar-refractivity contribution in [1.82, 2.24) is 4.90 Å². The van der Waals surface area contributed by atoms with Crippen LogP contribution in [0.15, 0.2) is 42.5 Å². The third-order valence-corrected chi connectivity index (χ3v) is 6.21. The summed E-state index contributed by atoms with van der Waals surface area (Å²) in [5, 5.41) is 9.46. The molecule has 2 aliphatic rings. The number of benzene rings is 2. The first kappa shape index (κ1) is 19.1. The summed E-state index contributed by atoms with van der Waals surface area (Å²) in [5.41, 5.74) is 1.25. The summed E-state index contributed by atoms with van der Waals surface area (Å²) >= 11 is 0. The van der Waals surface area contributed by atoms with Crippen molar-refractivity contribution in [2.75, 3.05) is 26.7 Å². The van der Waals surface area contributed by atoms with Crippen LogP contribution in [0.25, 0.3) is 0 Å².